The van der Waals surface area contributed by atoms with Gasteiger partial charge in [0.2, 0.25) is 59.1 Å². The van der Waals surface area contributed by atoms with Crippen LogP contribution in [-0.2, 0) is 52.7 Å². The summed E-state index contributed by atoms with van der Waals surface area (Å²) in [5.74, 6) is -7.83. The highest BCUT2D eigenvalue weighted by atomic mass is 31.0. The van der Waals surface area contributed by atoms with Crippen LogP contribution in [0.25, 0.3) is 0 Å². The van der Waals surface area contributed by atoms with Gasteiger partial charge in [-0.05, 0) is 66.2 Å². The molecule has 0 saturated carbocycles. The number of rotatable bonds is 36. The molecule has 29 nitrogen and oxygen atoms in total. The first-order valence-electron chi connectivity index (χ1n) is 24.4. The molecule has 1 aliphatic heterocycles. The Morgan fingerprint density at radius 3 is 1.33 bits per heavy atom. The average Bonchev–Trinajstić information content (AvgIpc) is 3.46. The molecule has 34 heteroatoms. The van der Waals surface area contributed by atoms with Crippen molar-refractivity contribution in [2.45, 2.75) is 158 Å². The van der Waals surface area contributed by atoms with Gasteiger partial charge in [-0.15, -0.1) is 0 Å². The molecule has 1 rings (SSSR count). The van der Waals surface area contributed by atoms with Gasteiger partial charge in [-0.25, -0.2) is 0 Å². The smallest absolute Gasteiger partial charge is 0.245 e. The molecule has 0 aliphatic carbocycles. The summed E-state index contributed by atoms with van der Waals surface area (Å²) in [4.78, 5) is 134. The Balaban J connectivity index is 3.57. The second kappa shape index (κ2) is 38.1. The van der Waals surface area contributed by atoms with Gasteiger partial charge in [-0.1, -0.05) is 47.0 Å². The molecule has 1 heterocycles. The highest BCUT2D eigenvalue weighted by Crippen LogP contribution is 2.12. The van der Waals surface area contributed by atoms with Gasteiger partial charge in [0.25, 0.3) is 0 Å². The van der Waals surface area contributed by atoms with Crippen molar-refractivity contribution in [2.24, 2.45) is 5.73 Å². The molecule has 0 spiro atoms. The summed E-state index contributed by atoms with van der Waals surface area (Å²) in [5.41, 5.74) is 5.96. The summed E-state index contributed by atoms with van der Waals surface area (Å²) in [6.45, 7) is 7.77. The minimum absolute atomic E-state index is 0.0145. The number of carbonyl (C=O) groups excluding carboxylic acids is 10. The maximum absolute atomic E-state index is 14.3. The van der Waals surface area contributed by atoms with Gasteiger partial charge in [0.05, 0.1) is 24.4 Å². The molecule has 10 amide bonds. The quantitative estimate of drug-likeness (QED) is 0.0259. The second-order valence-corrected chi connectivity index (χ2v) is 19.8. The van der Waals surface area contributed by atoms with Crippen LogP contribution in [0, 0.1) is 0 Å². The molecular formula is C41H83N16O13P5. The Hall–Kier alpha value is -3.51. The summed E-state index contributed by atoms with van der Waals surface area (Å²) in [7, 11) is 11.3. The number of nitrogens with two attached hydrogens (primary N) is 1. The number of nitrogens with one attached hydrogen (secondary N) is 15. The number of ether oxygens (including phenoxy) is 1. The molecule has 0 aromatic carbocycles. The third-order valence-corrected chi connectivity index (χ3v) is 12.8. The Morgan fingerprint density at radius 1 is 0.547 bits per heavy atom. The molecule has 8 unspecified atom stereocenters. The van der Waals surface area contributed by atoms with E-state index < -0.39 is 151 Å². The molecule has 1 fully saturated rings. The van der Waals surface area contributed by atoms with Gasteiger partial charge in [0, 0.05) is 52.6 Å². The highest BCUT2D eigenvalue weighted by molar-refractivity contribution is 7.14. The third-order valence-electron chi connectivity index (χ3n) is 11.3. The maximum Gasteiger partial charge on any atom is 0.245 e. The van der Waals surface area contributed by atoms with Gasteiger partial charge in [-0.3, -0.25) is 47.9 Å². The van der Waals surface area contributed by atoms with E-state index in [1.165, 1.54) is 20.8 Å². The van der Waals surface area contributed by atoms with E-state index in [-0.39, 0.29) is 58.2 Å². The Bertz CT molecular complexity index is 1870. The molecule has 0 aromatic heterocycles. The van der Waals surface area contributed by atoms with Crippen molar-refractivity contribution in [3.05, 3.63) is 0 Å². The van der Waals surface area contributed by atoms with E-state index in [9.17, 15) is 58.2 Å². The largest absolute Gasteiger partial charge is 0.391 e. The van der Waals surface area contributed by atoms with Crippen molar-refractivity contribution in [1.82, 2.24) is 78.6 Å². The van der Waals surface area contributed by atoms with Crippen LogP contribution in [0.5, 0.6) is 0 Å². The highest BCUT2D eigenvalue weighted by Gasteiger charge is 2.36. The summed E-state index contributed by atoms with van der Waals surface area (Å²) < 4.78 is 5.68. The van der Waals surface area contributed by atoms with E-state index >= 15 is 0 Å². The molecular weight excluding hydrogens is 1080 g/mol. The molecule has 1 saturated heterocycles. The molecule has 19 N–H and O–H groups in total. The van der Waals surface area contributed by atoms with E-state index in [4.69, 9.17) is 10.5 Å². The van der Waals surface area contributed by atoms with Crippen molar-refractivity contribution in [3.8, 4) is 0 Å². The fourth-order valence-corrected chi connectivity index (χ4v) is 8.13. The summed E-state index contributed by atoms with van der Waals surface area (Å²) >= 11 is 0. The molecule has 0 bridgehead atoms. The number of hydrogen-bond donors (Lipinski definition) is 18. The zero-order valence-corrected chi connectivity index (χ0v) is 48.8. The number of amides is 10. The predicted molar refractivity (Wildman–Crippen MR) is 295 cm³/mol. The van der Waals surface area contributed by atoms with Crippen molar-refractivity contribution in [1.29, 1.82) is 0 Å². The van der Waals surface area contributed by atoms with Gasteiger partial charge in [-0.2, -0.15) is 0 Å². The predicted octanol–water partition coefficient (Wildman–Crippen LogP) is -7.40. The summed E-state index contributed by atoms with van der Waals surface area (Å²) in [6.07, 6.45) is -4.11. The van der Waals surface area contributed by atoms with Gasteiger partial charge in [0.1, 0.15) is 54.6 Å². The average molecular weight is 1160 g/mol. The topological polar surface area (TPSA) is 427 Å². The molecule has 430 valence electrons. The van der Waals surface area contributed by atoms with Crippen LogP contribution in [0.15, 0.2) is 0 Å². The standard InChI is InChI=1S/C41H83N16O13P5/c1-19-18-30(39(67)50-23(5)70-19)55-37(65)27(9-15-46-73)52-35(63)26(51-36(64)28(10-16-47-74)54-41(69)32(21(3)59)56-33(61)24(42)6-13-44-71)7-12-43-40(68)31(20(2)58)57-38(66)29(11-17-48-75)53-34(62)25(8-14-45-72)49-22(4)60/h19-21,23-32,44-48,58-59H,6-18,42,71-75H2,1-5H3,(H,43,68)(H,49,60)(H,50,67)(H,51,64)(H,52,63)(H,53,62)(H,54,69)(H,55,65)(H,56,61)(H,57,66)/t19?,20?,21?,23-,24-,25-,26-,27-,28+,29-,30+,31-,32-/m0/s1. The second-order valence-electron chi connectivity index (χ2n) is 17.7. The molecule has 1 aliphatic rings. The zero-order chi connectivity index (χ0) is 56.8. The zero-order valence-electron chi connectivity index (χ0n) is 43.0. The molecule has 18 atom stereocenters. The number of hydrogen-bond acceptors (Lipinski definition) is 19. The first-order chi connectivity index (χ1) is 35.4. The van der Waals surface area contributed by atoms with Crippen molar-refractivity contribution in [3.63, 3.8) is 0 Å². The fraction of sp³-hybridized carbons (Fsp3) is 0.756. The maximum atomic E-state index is 14.3. The number of aliphatic hydroxyl groups excluding tert-OH is 2. The Morgan fingerprint density at radius 2 is 0.907 bits per heavy atom. The van der Waals surface area contributed by atoms with Gasteiger partial charge >= 0.3 is 0 Å². The van der Waals surface area contributed by atoms with Crippen LogP contribution in [0.1, 0.15) is 79.6 Å². The fourth-order valence-electron chi connectivity index (χ4n) is 7.30. The van der Waals surface area contributed by atoms with Crippen molar-refractivity contribution >= 4 is 106 Å². The van der Waals surface area contributed by atoms with Crippen molar-refractivity contribution < 1.29 is 62.9 Å². The molecule has 0 aromatic rings. The lowest BCUT2D eigenvalue weighted by Gasteiger charge is -2.28. The number of carbonyl (C=O) groups is 10. The van der Waals surface area contributed by atoms with Crippen LogP contribution < -0.4 is 84.3 Å². The Kier molecular flexibility index (Phi) is 35.3. The van der Waals surface area contributed by atoms with E-state index in [0.29, 0.717) is 13.1 Å². The van der Waals surface area contributed by atoms with E-state index in [1.807, 2.05) is 0 Å². The monoisotopic (exact) mass is 1160 g/mol. The third kappa shape index (κ3) is 27.1. The summed E-state index contributed by atoms with van der Waals surface area (Å²) in [5, 5.41) is 60.8. The lowest BCUT2D eigenvalue weighted by Crippen LogP contribution is -2.61. The van der Waals surface area contributed by atoms with E-state index in [0.717, 1.165) is 0 Å². The molecule has 0 radical (unpaired) electrons. The van der Waals surface area contributed by atoms with Crippen LogP contribution in [0.3, 0.4) is 0 Å². The first-order valence-corrected chi connectivity index (χ1v) is 27.3. The van der Waals surface area contributed by atoms with Gasteiger partial charge < -0.3 is 99.3 Å². The minimum Gasteiger partial charge on any atom is -0.391 e. The van der Waals surface area contributed by atoms with Gasteiger partial charge in [0.15, 0.2) is 0 Å². The number of aliphatic hydroxyl groups is 2. The van der Waals surface area contributed by atoms with E-state index in [2.05, 4.69) is 126 Å². The normalized spacial score (nSPS) is 19.5. The van der Waals surface area contributed by atoms with Crippen LogP contribution in [0.2, 0.25) is 0 Å². The van der Waals surface area contributed by atoms with Crippen LogP contribution in [-0.4, -0.2) is 187 Å². The SMILES string of the molecule is CC(=O)N[C@@H](CCNP)C(=O)N[C@@H](CCNP)C(=O)N[C@H](C(=O)NCC[C@H](NC(=O)[C@@H](CCNP)NC(=O)[C@@H](NC(=O)[C@@H](N)CCNP)C(C)O)C(=O)N[C@@H](CCNP)C(=O)N[C@@H]1CC(C)O[C@@H](C)NC1=O)C(C)O. The minimum atomic E-state index is -1.63. The van der Waals surface area contributed by atoms with Crippen LogP contribution >= 0.6 is 47.0 Å². The first kappa shape index (κ1) is 69.5. The summed E-state index contributed by atoms with van der Waals surface area (Å²) in [6, 6.07) is -11.9. The van der Waals surface area contributed by atoms with Crippen molar-refractivity contribution in [2.75, 3.05) is 39.3 Å². The Labute approximate surface area is 449 Å². The lowest BCUT2D eigenvalue weighted by molar-refractivity contribution is -0.136. The van der Waals surface area contributed by atoms with Crippen LogP contribution in [0.4, 0.5) is 0 Å². The lowest BCUT2D eigenvalue weighted by atomic mass is 10.1. The van der Waals surface area contributed by atoms with E-state index in [1.54, 1.807) is 13.8 Å². The molecule has 75 heavy (non-hydrogen) atoms.